The molecule has 0 aromatic heterocycles. The van der Waals surface area contributed by atoms with Crippen LogP contribution >= 0.6 is 0 Å². The highest BCUT2D eigenvalue weighted by Gasteiger charge is 2.36. The van der Waals surface area contributed by atoms with Crippen molar-refractivity contribution in [3.05, 3.63) is 6.61 Å². The lowest BCUT2D eigenvalue weighted by atomic mass is 10.0. The van der Waals surface area contributed by atoms with Gasteiger partial charge in [-0.2, -0.15) is 0 Å². The number of aliphatic hydroxyl groups is 3. The van der Waals surface area contributed by atoms with E-state index < -0.39 is 24.4 Å². The van der Waals surface area contributed by atoms with Crippen LogP contribution in [0.1, 0.15) is 0 Å². The molecule has 0 bridgehead atoms. The first-order valence-electron chi connectivity index (χ1n) is 3.40. The van der Waals surface area contributed by atoms with E-state index in [4.69, 9.17) is 20.7 Å². The van der Waals surface area contributed by atoms with Crippen molar-refractivity contribution in [2.45, 2.75) is 24.4 Å². The van der Waals surface area contributed by atoms with E-state index in [2.05, 4.69) is 0 Å². The first-order chi connectivity index (χ1) is 5.16. The molecule has 0 saturated carbocycles. The van der Waals surface area contributed by atoms with Gasteiger partial charge in [0.15, 0.2) is 0 Å². The highest BCUT2D eigenvalue weighted by Crippen LogP contribution is 2.16. The van der Waals surface area contributed by atoms with Gasteiger partial charge >= 0.3 is 0 Å². The zero-order valence-electron chi connectivity index (χ0n) is 5.92. The molecule has 5 N–H and O–H groups in total. The molecule has 1 aliphatic heterocycles. The summed E-state index contributed by atoms with van der Waals surface area (Å²) in [5, 5.41) is 27.2. The predicted octanol–water partition coefficient (Wildman–Crippen LogP) is -2.41. The van der Waals surface area contributed by atoms with Crippen LogP contribution in [-0.2, 0) is 4.74 Å². The highest BCUT2D eigenvalue weighted by atomic mass is 16.5. The van der Waals surface area contributed by atoms with E-state index in [1.54, 1.807) is 0 Å². The van der Waals surface area contributed by atoms with E-state index in [0.29, 0.717) is 0 Å². The van der Waals surface area contributed by atoms with Gasteiger partial charge in [-0.1, -0.05) is 0 Å². The van der Waals surface area contributed by atoms with Crippen molar-refractivity contribution in [2.75, 3.05) is 6.54 Å². The van der Waals surface area contributed by atoms with Crippen LogP contribution in [0.4, 0.5) is 0 Å². The molecule has 4 atom stereocenters. The highest BCUT2D eigenvalue weighted by molar-refractivity contribution is 4.91. The van der Waals surface area contributed by atoms with Crippen molar-refractivity contribution >= 4 is 0 Å². The SMILES string of the molecule is NC[C@H]1O[CH][C@H](O)[C@@H](O)[C@@H]1O. The molecule has 1 radical (unpaired) electrons. The van der Waals surface area contributed by atoms with E-state index >= 15 is 0 Å². The third-order valence-corrected chi connectivity index (χ3v) is 1.71. The molecule has 65 valence electrons. The lowest BCUT2D eigenvalue weighted by Crippen LogP contribution is -2.53. The van der Waals surface area contributed by atoms with Crippen LogP contribution in [0.5, 0.6) is 0 Å². The smallest absolute Gasteiger partial charge is 0.115 e. The maximum Gasteiger partial charge on any atom is 0.115 e. The van der Waals surface area contributed by atoms with Gasteiger partial charge in [0.05, 0.1) is 6.10 Å². The summed E-state index contributed by atoms with van der Waals surface area (Å²) in [7, 11) is 0. The Morgan fingerprint density at radius 3 is 2.45 bits per heavy atom. The molecule has 0 amide bonds. The molecule has 1 fully saturated rings. The normalized spacial score (nSPS) is 45.8. The first-order valence-corrected chi connectivity index (χ1v) is 3.40. The third-order valence-electron chi connectivity index (χ3n) is 1.71. The molecule has 5 nitrogen and oxygen atoms in total. The quantitative estimate of drug-likeness (QED) is 0.344. The Morgan fingerprint density at radius 2 is 1.91 bits per heavy atom. The molecule has 1 aliphatic rings. The molecule has 1 heterocycles. The van der Waals surface area contributed by atoms with Crippen LogP contribution in [-0.4, -0.2) is 46.3 Å². The van der Waals surface area contributed by atoms with Gasteiger partial charge in [-0.25, -0.2) is 0 Å². The molecule has 1 rings (SSSR count). The molecule has 0 unspecified atom stereocenters. The lowest BCUT2D eigenvalue weighted by molar-refractivity contribution is -0.157. The second-order valence-electron chi connectivity index (χ2n) is 2.52. The van der Waals surface area contributed by atoms with Crippen molar-refractivity contribution in [1.82, 2.24) is 0 Å². The molecule has 0 aromatic rings. The van der Waals surface area contributed by atoms with Gasteiger partial charge in [-0.15, -0.1) is 0 Å². The Labute approximate surface area is 64.4 Å². The fourth-order valence-corrected chi connectivity index (χ4v) is 0.959. The van der Waals surface area contributed by atoms with Crippen LogP contribution in [0.15, 0.2) is 0 Å². The number of aliphatic hydroxyl groups excluding tert-OH is 3. The van der Waals surface area contributed by atoms with Crippen LogP contribution in [0.2, 0.25) is 0 Å². The topological polar surface area (TPSA) is 95.9 Å². The Kier molecular flexibility index (Phi) is 2.80. The Bertz CT molecular complexity index is 130. The third kappa shape index (κ3) is 1.69. The molecule has 0 aromatic carbocycles. The second-order valence-corrected chi connectivity index (χ2v) is 2.52. The van der Waals surface area contributed by atoms with E-state index in [1.165, 1.54) is 0 Å². The molecule has 1 saturated heterocycles. The second kappa shape index (κ2) is 3.46. The summed E-state index contributed by atoms with van der Waals surface area (Å²) in [4.78, 5) is 0. The standard InChI is InChI=1S/C6H12NO4/c7-1-4-6(10)5(9)3(8)2-11-4/h2-6,8-10H,1,7H2/t3-,4+,5+,6+/m0/s1. The van der Waals surface area contributed by atoms with Gasteiger partial charge < -0.3 is 25.8 Å². The van der Waals surface area contributed by atoms with Gasteiger partial charge in [0.2, 0.25) is 0 Å². The lowest BCUT2D eigenvalue weighted by Gasteiger charge is -2.33. The zero-order chi connectivity index (χ0) is 8.43. The maximum absolute atomic E-state index is 9.17. The van der Waals surface area contributed by atoms with Gasteiger partial charge in [0.1, 0.15) is 24.9 Å². The first kappa shape index (κ1) is 8.89. The Balaban J connectivity index is 2.52. The molecular weight excluding hydrogens is 150 g/mol. The molecular formula is C6H12NO4. The van der Waals surface area contributed by atoms with Crippen molar-refractivity contribution in [3.63, 3.8) is 0 Å². The monoisotopic (exact) mass is 162 g/mol. The van der Waals surface area contributed by atoms with Crippen molar-refractivity contribution in [1.29, 1.82) is 0 Å². The average molecular weight is 162 g/mol. The number of hydrogen-bond acceptors (Lipinski definition) is 5. The van der Waals surface area contributed by atoms with Gasteiger partial charge in [-0.3, -0.25) is 0 Å². The fraction of sp³-hybridized carbons (Fsp3) is 0.833. The summed E-state index contributed by atoms with van der Waals surface area (Å²) in [5.41, 5.74) is 5.20. The summed E-state index contributed by atoms with van der Waals surface area (Å²) < 4.78 is 4.81. The zero-order valence-corrected chi connectivity index (χ0v) is 5.92. The number of hydrogen-bond donors (Lipinski definition) is 4. The van der Waals surface area contributed by atoms with E-state index in [9.17, 15) is 5.11 Å². The summed E-state index contributed by atoms with van der Waals surface area (Å²) in [6, 6.07) is 0. The van der Waals surface area contributed by atoms with Crippen molar-refractivity contribution in [3.8, 4) is 0 Å². The van der Waals surface area contributed by atoms with Gasteiger partial charge in [0.25, 0.3) is 0 Å². The largest absolute Gasteiger partial charge is 0.388 e. The van der Waals surface area contributed by atoms with E-state index in [1.807, 2.05) is 0 Å². The minimum absolute atomic E-state index is 0.113. The molecule has 0 spiro atoms. The van der Waals surface area contributed by atoms with Gasteiger partial charge in [0, 0.05) is 6.54 Å². The molecule has 11 heavy (non-hydrogen) atoms. The minimum atomic E-state index is -1.20. The fourth-order valence-electron chi connectivity index (χ4n) is 0.959. The Hall–Kier alpha value is -0.200. The number of rotatable bonds is 1. The van der Waals surface area contributed by atoms with Crippen LogP contribution in [0.3, 0.4) is 0 Å². The van der Waals surface area contributed by atoms with Crippen LogP contribution in [0.25, 0.3) is 0 Å². The summed E-state index contributed by atoms with van der Waals surface area (Å²) in [6.45, 7) is 1.19. The van der Waals surface area contributed by atoms with Crippen LogP contribution < -0.4 is 5.73 Å². The summed E-state index contributed by atoms with van der Waals surface area (Å²) >= 11 is 0. The minimum Gasteiger partial charge on any atom is -0.388 e. The van der Waals surface area contributed by atoms with Gasteiger partial charge in [-0.05, 0) is 0 Å². The number of ether oxygens (including phenoxy) is 1. The predicted molar refractivity (Wildman–Crippen MR) is 36.2 cm³/mol. The van der Waals surface area contributed by atoms with E-state index in [0.717, 1.165) is 6.61 Å². The summed E-state index contributed by atoms with van der Waals surface area (Å²) in [6.07, 6.45) is -4.06. The summed E-state index contributed by atoms with van der Waals surface area (Å²) in [5.74, 6) is 0. The number of nitrogens with two attached hydrogens (primary N) is 1. The van der Waals surface area contributed by atoms with Crippen molar-refractivity contribution < 1.29 is 20.1 Å². The Morgan fingerprint density at radius 1 is 1.27 bits per heavy atom. The average Bonchev–Trinajstić information content (AvgIpc) is 2.01. The molecule has 5 heteroatoms. The maximum atomic E-state index is 9.17. The molecule has 0 aliphatic carbocycles. The van der Waals surface area contributed by atoms with E-state index in [-0.39, 0.29) is 6.54 Å². The van der Waals surface area contributed by atoms with Crippen LogP contribution in [0, 0.1) is 6.61 Å². The van der Waals surface area contributed by atoms with Crippen molar-refractivity contribution in [2.24, 2.45) is 5.73 Å².